The predicted octanol–water partition coefficient (Wildman–Crippen LogP) is 4.06. The standard InChI is InChI=1S/C25H25FN6O/c1-32(22-10-15-6-8-20(30-15)25(22)26)24-13-27-21(12-28-24)17-7-5-14(9-23(17)33)16-3-2-4-19-18(16)11-29-31-19/h2-5,7,9,11-13,15,20,22,25,30,33H,6,8,10H2,1H3,(H,29,31)/t15?,20?,22-,25+/m1/s1. The maximum absolute atomic E-state index is 14.9. The first-order valence-corrected chi connectivity index (χ1v) is 11.3. The number of nitrogens with one attached hydrogen (secondary N) is 2. The van der Waals surface area contributed by atoms with Gasteiger partial charge in [0, 0.05) is 30.1 Å². The average molecular weight is 445 g/mol. The summed E-state index contributed by atoms with van der Waals surface area (Å²) in [6.45, 7) is 0. The molecule has 4 atom stereocenters. The minimum absolute atomic E-state index is 0.0632. The number of nitrogens with zero attached hydrogens (tertiary/aromatic N) is 4. The van der Waals surface area contributed by atoms with E-state index >= 15 is 0 Å². The van der Waals surface area contributed by atoms with Crippen LogP contribution >= 0.6 is 0 Å². The van der Waals surface area contributed by atoms with Crippen molar-refractivity contribution in [1.82, 2.24) is 25.5 Å². The summed E-state index contributed by atoms with van der Waals surface area (Å²) in [6.07, 6.45) is 6.85. The van der Waals surface area contributed by atoms with Gasteiger partial charge in [0.2, 0.25) is 0 Å². The first-order valence-electron chi connectivity index (χ1n) is 11.3. The van der Waals surface area contributed by atoms with Crippen LogP contribution in [0.3, 0.4) is 0 Å². The van der Waals surface area contributed by atoms with E-state index in [1.54, 1.807) is 24.7 Å². The number of aromatic amines is 1. The van der Waals surface area contributed by atoms with Gasteiger partial charge in [0.15, 0.2) is 0 Å². The molecule has 168 valence electrons. The molecule has 2 unspecified atom stereocenters. The lowest BCUT2D eigenvalue weighted by Gasteiger charge is -2.38. The lowest BCUT2D eigenvalue weighted by atomic mass is 9.96. The van der Waals surface area contributed by atoms with Gasteiger partial charge in [-0.1, -0.05) is 18.2 Å². The maximum Gasteiger partial charge on any atom is 0.147 e. The molecular weight excluding hydrogens is 419 g/mol. The monoisotopic (exact) mass is 444 g/mol. The Labute approximate surface area is 190 Å². The first kappa shape index (κ1) is 20.1. The van der Waals surface area contributed by atoms with E-state index in [1.807, 2.05) is 42.3 Å². The predicted molar refractivity (Wildman–Crippen MR) is 126 cm³/mol. The zero-order valence-electron chi connectivity index (χ0n) is 18.2. The van der Waals surface area contributed by atoms with Gasteiger partial charge < -0.3 is 15.3 Å². The van der Waals surface area contributed by atoms with E-state index in [9.17, 15) is 9.50 Å². The minimum Gasteiger partial charge on any atom is -0.507 e. The number of aromatic hydroxyl groups is 1. The molecule has 2 bridgehead atoms. The SMILES string of the molecule is CN(c1cnc(-c2ccc(-c3cccc4[nH]ncc34)cc2O)cn1)[C@@H]1CC2CCC(N2)[C@@H]1F. The Hall–Kier alpha value is -3.52. The Kier molecular flexibility index (Phi) is 4.76. The van der Waals surface area contributed by atoms with Crippen LogP contribution in [0.2, 0.25) is 0 Å². The van der Waals surface area contributed by atoms with E-state index < -0.39 is 6.17 Å². The number of phenols is 1. The summed E-state index contributed by atoms with van der Waals surface area (Å²) in [5.74, 6) is 0.762. The highest BCUT2D eigenvalue weighted by molar-refractivity contribution is 5.95. The molecule has 2 aliphatic heterocycles. The molecule has 0 aliphatic carbocycles. The van der Waals surface area contributed by atoms with Gasteiger partial charge in [0.1, 0.15) is 17.7 Å². The fourth-order valence-corrected chi connectivity index (χ4v) is 5.30. The van der Waals surface area contributed by atoms with Crippen molar-refractivity contribution in [2.75, 3.05) is 11.9 Å². The number of alkyl halides is 1. The fraction of sp³-hybridized carbons (Fsp3) is 0.320. The van der Waals surface area contributed by atoms with E-state index in [-0.39, 0.29) is 17.8 Å². The number of H-pyrrole nitrogens is 1. The molecule has 4 aromatic rings. The number of aromatic nitrogens is 4. The van der Waals surface area contributed by atoms with Crippen molar-refractivity contribution in [3.05, 3.63) is 55.0 Å². The highest BCUT2D eigenvalue weighted by Gasteiger charge is 2.43. The Morgan fingerprint density at radius 1 is 1.06 bits per heavy atom. The van der Waals surface area contributed by atoms with E-state index in [2.05, 4.69) is 25.5 Å². The third kappa shape index (κ3) is 3.41. The van der Waals surface area contributed by atoms with Crippen molar-refractivity contribution in [1.29, 1.82) is 0 Å². The molecule has 0 spiro atoms. The van der Waals surface area contributed by atoms with Crippen LogP contribution in [-0.2, 0) is 0 Å². The summed E-state index contributed by atoms with van der Waals surface area (Å²) in [5.41, 5.74) is 3.99. The fourth-order valence-electron chi connectivity index (χ4n) is 5.30. The Morgan fingerprint density at radius 2 is 1.97 bits per heavy atom. The molecule has 0 radical (unpaired) electrons. The zero-order valence-corrected chi connectivity index (χ0v) is 18.2. The molecule has 2 aromatic heterocycles. The molecular formula is C25H25FN6O. The van der Waals surface area contributed by atoms with Crippen LogP contribution in [0.25, 0.3) is 33.3 Å². The van der Waals surface area contributed by atoms with Gasteiger partial charge >= 0.3 is 0 Å². The van der Waals surface area contributed by atoms with Crippen LogP contribution in [0.15, 0.2) is 55.0 Å². The number of hydrogen-bond acceptors (Lipinski definition) is 6. The van der Waals surface area contributed by atoms with Crippen LogP contribution in [0.5, 0.6) is 5.75 Å². The van der Waals surface area contributed by atoms with E-state index in [0.29, 0.717) is 23.1 Å². The summed E-state index contributed by atoms with van der Waals surface area (Å²) < 4.78 is 14.9. The molecule has 7 nitrogen and oxygen atoms in total. The number of rotatable bonds is 4. The van der Waals surface area contributed by atoms with Gasteiger partial charge in [-0.25, -0.2) is 9.37 Å². The number of anilines is 1. The Bertz CT molecular complexity index is 1310. The molecule has 0 saturated carbocycles. The summed E-state index contributed by atoms with van der Waals surface area (Å²) >= 11 is 0. The van der Waals surface area contributed by atoms with Crippen molar-refractivity contribution < 1.29 is 9.50 Å². The van der Waals surface area contributed by atoms with E-state index in [4.69, 9.17) is 0 Å². The lowest BCUT2D eigenvalue weighted by molar-refractivity contribution is 0.176. The largest absolute Gasteiger partial charge is 0.507 e. The van der Waals surface area contributed by atoms with Crippen molar-refractivity contribution in [2.45, 2.75) is 43.6 Å². The molecule has 2 fully saturated rings. The molecule has 6 rings (SSSR count). The zero-order chi connectivity index (χ0) is 22.5. The normalized spacial score (nSPS) is 24.3. The summed E-state index contributed by atoms with van der Waals surface area (Å²) in [4.78, 5) is 11.0. The van der Waals surface area contributed by atoms with Gasteiger partial charge in [0.05, 0.1) is 35.8 Å². The van der Waals surface area contributed by atoms with Gasteiger partial charge in [0.25, 0.3) is 0 Å². The molecule has 2 saturated heterocycles. The van der Waals surface area contributed by atoms with Gasteiger partial charge in [-0.05, 0) is 48.6 Å². The average Bonchev–Trinajstić information content (AvgIpc) is 3.48. The maximum atomic E-state index is 14.9. The van der Waals surface area contributed by atoms with Crippen molar-refractivity contribution in [3.8, 4) is 28.1 Å². The molecule has 4 heterocycles. The molecule has 3 N–H and O–H groups in total. The minimum atomic E-state index is -0.925. The number of phenolic OH excluding ortho intramolecular Hbond substituents is 1. The third-order valence-corrected chi connectivity index (χ3v) is 7.12. The highest BCUT2D eigenvalue weighted by Crippen LogP contribution is 2.36. The summed E-state index contributed by atoms with van der Waals surface area (Å²) in [6, 6.07) is 11.6. The smallest absolute Gasteiger partial charge is 0.147 e. The van der Waals surface area contributed by atoms with Crippen LogP contribution in [0.4, 0.5) is 10.2 Å². The Morgan fingerprint density at radius 3 is 2.79 bits per heavy atom. The van der Waals surface area contributed by atoms with Crippen LogP contribution < -0.4 is 10.2 Å². The lowest BCUT2D eigenvalue weighted by Crippen LogP contribution is -2.55. The van der Waals surface area contributed by atoms with Crippen molar-refractivity contribution in [3.63, 3.8) is 0 Å². The summed E-state index contributed by atoms with van der Waals surface area (Å²) in [7, 11) is 1.88. The quantitative estimate of drug-likeness (QED) is 0.440. The molecule has 2 aromatic carbocycles. The molecule has 0 amide bonds. The second kappa shape index (κ2) is 7.81. The molecule has 33 heavy (non-hydrogen) atoms. The Balaban J connectivity index is 1.25. The molecule has 8 heteroatoms. The number of halogens is 1. The van der Waals surface area contributed by atoms with Crippen LogP contribution in [0, 0.1) is 0 Å². The number of piperidine rings is 1. The summed E-state index contributed by atoms with van der Waals surface area (Å²) in [5, 5.41) is 22.2. The van der Waals surface area contributed by atoms with Gasteiger partial charge in [-0.15, -0.1) is 0 Å². The van der Waals surface area contributed by atoms with Crippen molar-refractivity contribution in [2.24, 2.45) is 0 Å². The van der Waals surface area contributed by atoms with Gasteiger partial charge in [-0.3, -0.25) is 10.1 Å². The number of hydrogen-bond donors (Lipinski definition) is 3. The van der Waals surface area contributed by atoms with Crippen molar-refractivity contribution >= 4 is 16.7 Å². The van der Waals surface area contributed by atoms with Crippen LogP contribution in [0.1, 0.15) is 19.3 Å². The number of benzene rings is 2. The van der Waals surface area contributed by atoms with Gasteiger partial charge in [-0.2, -0.15) is 5.10 Å². The van der Waals surface area contributed by atoms with E-state index in [0.717, 1.165) is 41.3 Å². The molecule has 2 aliphatic rings. The highest BCUT2D eigenvalue weighted by atomic mass is 19.1. The second-order valence-corrected chi connectivity index (χ2v) is 9.03. The second-order valence-electron chi connectivity index (χ2n) is 9.03. The van der Waals surface area contributed by atoms with E-state index in [1.165, 1.54) is 0 Å². The third-order valence-electron chi connectivity index (χ3n) is 7.12. The topological polar surface area (TPSA) is 90.0 Å². The first-order chi connectivity index (χ1) is 16.1. The van der Waals surface area contributed by atoms with Crippen LogP contribution in [-0.4, -0.2) is 56.6 Å². The number of fused-ring (bicyclic) bond motifs is 3.